The number of aromatic nitrogens is 2. The number of rotatable bonds is 9. The molecule has 0 bridgehead atoms. The molecule has 0 spiro atoms. The summed E-state index contributed by atoms with van der Waals surface area (Å²) in [5.74, 6) is 1.43. The third kappa shape index (κ3) is 5.24. The molecule has 1 fully saturated rings. The molecule has 4 aromatic rings. The van der Waals surface area contributed by atoms with E-state index in [4.69, 9.17) is 4.74 Å². The lowest BCUT2D eigenvalue weighted by atomic mass is 10.0. The molecular weight excluding hydrogens is 448 g/mol. The molecule has 3 aromatic carbocycles. The van der Waals surface area contributed by atoms with Crippen LogP contribution in [-0.2, 0) is 0 Å². The third-order valence-electron chi connectivity index (χ3n) is 7.27. The van der Waals surface area contributed by atoms with Crippen LogP contribution in [0.5, 0.6) is 5.75 Å². The van der Waals surface area contributed by atoms with Crippen molar-refractivity contribution in [2.75, 3.05) is 26.2 Å². The first-order valence-electron chi connectivity index (χ1n) is 13.2. The molecule has 1 amide bonds. The second-order valence-corrected chi connectivity index (χ2v) is 10.2. The lowest BCUT2D eigenvalue weighted by Gasteiger charge is -2.22. The van der Waals surface area contributed by atoms with Crippen LogP contribution in [0.4, 0.5) is 0 Å². The van der Waals surface area contributed by atoms with Crippen LogP contribution in [0.1, 0.15) is 50.4 Å². The van der Waals surface area contributed by atoms with Crippen molar-refractivity contribution >= 4 is 27.6 Å². The summed E-state index contributed by atoms with van der Waals surface area (Å²) in [5.41, 5.74) is 3.44. The number of hydrogen-bond donors (Lipinski definition) is 2. The molecule has 36 heavy (non-hydrogen) atoms. The summed E-state index contributed by atoms with van der Waals surface area (Å²) < 4.78 is 6.17. The SMILES string of the molecule is CCN1CCCC1COc1ccc2cc(-c3n[nH]c4ccc(C(=O)NCCC(C)C)cc34)ccc2c1. The van der Waals surface area contributed by atoms with Gasteiger partial charge in [0.15, 0.2) is 0 Å². The Morgan fingerprint density at radius 2 is 1.97 bits per heavy atom. The normalized spacial score (nSPS) is 16.3. The van der Waals surface area contributed by atoms with Gasteiger partial charge in [-0.2, -0.15) is 5.10 Å². The van der Waals surface area contributed by atoms with Gasteiger partial charge in [0.2, 0.25) is 0 Å². The average molecular weight is 485 g/mol. The van der Waals surface area contributed by atoms with E-state index in [1.165, 1.54) is 19.4 Å². The van der Waals surface area contributed by atoms with Crippen LogP contribution in [0.15, 0.2) is 54.6 Å². The van der Waals surface area contributed by atoms with E-state index in [1.807, 2.05) is 18.2 Å². The van der Waals surface area contributed by atoms with Crippen molar-refractivity contribution in [3.05, 3.63) is 60.2 Å². The van der Waals surface area contributed by atoms with Crippen molar-refractivity contribution in [1.82, 2.24) is 20.4 Å². The molecular formula is C30H36N4O2. The van der Waals surface area contributed by atoms with Crippen LogP contribution in [0.3, 0.4) is 0 Å². The van der Waals surface area contributed by atoms with Crippen molar-refractivity contribution in [2.24, 2.45) is 5.92 Å². The highest BCUT2D eigenvalue weighted by Crippen LogP contribution is 2.31. The molecule has 5 rings (SSSR count). The molecule has 1 unspecified atom stereocenters. The van der Waals surface area contributed by atoms with E-state index >= 15 is 0 Å². The standard InChI is InChI=1S/C30H36N4O2/c1-4-34-15-5-6-25(34)19-36-26-11-9-21-16-23(8-7-22(21)17-26)29-27-18-24(10-12-28(27)32-33-29)30(35)31-14-13-20(2)3/h7-12,16-18,20,25H,4-6,13-15,19H2,1-3H3,(H,31,35)(H,32,33). The minimum atomic E-state index is -0.0459. The molecule has 1 aliphatic heterocycles. The number of aromatic amines is 1. The smallest absolute Gasteiger partial charge is 0.251 e. The Morgan fingerprint density at radius 3 is 2.81 bits per heavy atom. The van der Waals surface area contributed by atoms with E-state index in [9.17, 15) is 4.79 Å². The topological polar surface area (TPSA) is 70.2 Å². The van der Waals surface area contributed by atoms with Gasteiger partial charge in [-0.1, -0.05) is 39.0 Å². The fraction of sp³-hybridized carbons (Fsp3) is 0.400. The van der Waals surface area contributed by atoms with Crippen LogP contribution < -0.4 is 10.1 Å². The maximum absolute atomic E-state index is 12.7. The van der Waals surface area contributed by atoms with Gasteiger partial charge in [0.25, 0.3) is 5.91 Å². The van der Waals surface area contributed by atoms with Crippen LogP contribution >= 0.6 is 0 Å². The second-order valence-electron chi connectivity index (χ2n) is 10.2. The molecule has 6 nitrogen and oxygen atoms in total. The molecule has 0 radical (unpaired) electrons. The minimum absolute atomic E-state index is 0.0459. The number of likely N-dealkylation sites (tertiary alicyclic amines) is 1. The Morgan fingerprint density at radius 1 is 1.14 bits per heavy atom. The summed E-state index contributed by atoms with van der Waals surface area (Å²) >= 11 is 0. The van der Waals surface area contributed by atoms with Crippen molar-refractivity contribution in [3.63, 3.8) is 0 Å². The number of benzene rings is 3. The first kappa shape index (κ1) is 24.3. The van der Waals surface area contributed by atoms with E-state index < -0.39 is 0 Å². The number of hydrogen-bond acceptors (Lipinski definition) is 4. The zero-order chi connectivity index (χ0) is 25.1. The fourth-order valence-corrected chi connectivity index (χ4v) is 5.11. The minimum Gasteiger partial charge on any atom is -0.492 e. The predicted molar refractivity (Wildman–Crippen MR) is 147 cm³/mol. The third-order valence-corrected chi connectivity index (χ3v) is 7.27. The highest BCUT2D eigenvalue weighted by Gasteiger charge is 2.23. The Labute approximate surface area is 213 Å². The maximum atomic E-state index is 12.7. The van der Waals surface area contributed by atoms with E-state index in [1.54, 1.807) is 0 Å². The molecule has 0 saturated carbocycles. The molecule has 1 saturated heterocycles. The molecule has 1 aromatic heterocycles. The largest absolute Gasteiger partial charge is 0.492 e. The van der Waals surface area contributed by atoms with Gasteiger partial charge in [0.1, 0.15) is 12.4 Å². The lowest BCUT2D eigenvalue weighted by Crippen LogP contribution is -2.33. The van der Waals surface area contributed by atoms with Crippen LogP contribution in [0.2, 0.25) is 0 Å². The van der Waals surface area contributed by atoms with Crippen molar-refractivity contribution in [1.29, 1.82) is 0 Å². The van der Waals surface area contributed by atoms with Gasteiger partial charge in [-0.15, -0.1) is 0 Å². The quantitative estimate of drug-likeness (QED) is 0.305. The number of amides is 1. The summed E-state index contributed by atoms with van der Waals surface area (Å²) in [7, 11) is 0. The van der Waals surface area contributed by atoms with Gasteiger partial charge in [-0.3, -0.25) is 14.8 Å². The summed E-state index contributed by atoms with van der Waals surface area (Å²) in [5, 5.41) is 13.9. The zero-order valence-electron chi connectivity index (χ0n) is 21.5. The Hall–Kier alpha value is -3.38. The number of carbonyl (C=O) groups is 1. The molecule has 2 heterocycles. The Balaban J connectivity index is 1.34. The second kappa shape index (κ2) is 10.7. The van der Waals surface area contributed by atoms with E-state index in [0.717, 1.165) is 58.3 Å². The summed E-state index contributed by atoms with van der Waals surface area (Å²) in [4.78, 5) is 15.2. The van der Waals surface area contributed by atoms with E-state index in [2.05, 4.69) is 77.6 Å². The number of nitrogens with one attached hydrogen (secondary N) is 2. The van der Waals surface area contributed by atoms with Gasteiger partial charge in [-0.25, -0.2) is 0 Å². The molecule has 0 aliphatic carbocycles. The van der Waals surface area contributed by atoms with E-state index in [0.29, 0.717) is 24.1 Å². The van der Waals surface area contributed by atoms with Crippen LogP contribution in [0.25, 0.3) is 32.9 Å². The van der Waals surface area contributed by atoms with E-state index in [-0.39, 0.29) is 5.91 Å². The number of ether oxygens (including phenoxy) is 1. The monoisotopic (exact) mass is 484 g/mol. The summed E-state index contributed by atoms with van der Waals surface area (Å²) in [6.07, 6.45) is 3.44. The number of nitrogens with zero attached hydrogens (tertiary/aromatic N) is 2. The predicted octanol–water partition coefficient (Wildman–Crippen LogP) is 6.02. The van der Waals surface area contributed by atoms with Crippen molar-refractivity contribution in [2.45, 2.75) is 46.1 Å². The molecule has 1 aliphatic rings. The van der Waals surface area contributed by atoms with Gasteiger partial charge in [0, 0.05) is 29.1 Å². The van der Waals surface area contributed by atoms with Crippen LogP contribution in [-0.4, -0.2) is 53.3 Å². The molecule has 2 N–H and O–H groups in total. The number of likely N-dealkylation sites (N-methyl/N-ethyl adjacent to an activating group) is 1. The van der Waals surface area contributed by atoms with Gasteiger partial charge < -0.3 is 10.1 Å². The summed E-state index contributed by atoms with van der Waals surface area (Å²) in [6.45, 7) is 10.2. The summed E-state index contributed by atoms with van der Waals surface area (Å²) in [6, 6.07) is 18.9. The van der Waals surface area contributed by atoms with Crippen molar-refractivity contribution in [3.8, 4) is 17.0 Å². The number of H-pyrrole nitrogens is 1. The number of fused-ring (bicyclic) bond motifs is 2. The average Bonchev–Trinajstić information content (AvgIpc) is 3.53. The lowest BCUT2D eigenvalue weighted by molar-refractivity contribution is 0.0952. The van der Waals surface area contributed by atoms with Crippen molar-refractivity contribution < 1.29 is 9.53 Å². The molecule has 1 atom stereocenters. The van der Waals surface area contributed by atoms with Gasteiger partial charge >= 0.3 is 0 Å². The number of carbonyl (C=O) groups excluding carboxylic acids is 1. The van der Waals surface area contributed by atoms with Gasteiger partial charge in [-0.05, 0) is 85.4 Å². The zero-order valence-corrected chi connectivity index (χ0v) is 21.5. The maximum Gasteiger partial charge on any atom is 0.251 e. The van der Waals surface area contributed by atoms with Gasteiger partial charge in [0.05, 0.1) is 11.2 Å². The van der Waals surface area contributed by atoms with Crippen LogP contribution in [0, 0.1) is 5.92 Å². The first-order chi connectivity index (χ1) is 17.5. The highest BCUT2D eigenvalue weighted by atomic mass is 16.5. The fourth-order valence-electron chi connectivity index (χ4n) is 5.11. The molecule has 6 heteroatoms. The molecule has 188 valence electrons. The first-order valence-corrected chi connectivity index (χ1v) is 13.2. The Kier molecular flexibility index (Phi) is 7.23. The highest BCUT2D eigenvalue weighted by molar-refractivity contribution is 6.02. The Bertz CT molecular complexity index is 1360.